The lowest BCUT2D eigenvalue weighted by molar-refractivity contribution is 0.145. The predicted octanol–water partition coefficient (Wildman–Crippen LogP) is 3.69. The van der Waals surface area contributed by atoms with Crippen LogP contribution in [0, 0.1) is 5.92 Å². The van der Waals surface area contributed by atoms with Crippen LogP contribution in [0.25, 0.3) is 11.3 Å². The number of aromatic amines is 1. The predicted molar refractivity (Wildman–Crippen MR) is 75.6 cm³/mol. The van der Waals surface area contributed by atoms with Crippen molar-refractivity contribution < 1.29 is 5.11 Å². The van der Waals surface area contributed by atoms with E-state index in [1.807, 2.05) is 30.3 Å². The van der Waals surface area contributed by atoms with Gasteiger partial charge in [0.2, 0.25) is 0 Å². The molecule has 2 N–H and O–H groups in total. The van der Waals surface area contributed by atoms with E-state index in [4.69, 9.17) is 0 Å². The van der Waals surface area contributed by atoms with Crippen LogP contribution in [0.1, 0.15) is 43.8 Å². The Labute approximate surface area is 113 Å². The van der Waals surface area contributed by atoms with Gasteiger partial charge < -0.3 is 5.11 Å². The normalized spacial score (nSPS) is 17.7. The van der Waals surface area contributed by atoms with E-state index in [2.05, 4.69) is 10.2 Å². The fraction of sp³-hybridized carbons (Fsp3) is 0.438. The second-order valence-electron chi connectivity index (χ2n) is 5.47. The zero-order valence-electron chi connectivity index (χ0n) is 11.0. The molecule has 1 aliphatic rings. The number of aliphatic hydroxyl groups excluding tert-OH is 1. The van der Waals surface area contributed by atoms with Crippen LogP contribution in [-0.4, -0.2) is 15.3 Å². The lowest BCUT2D eigenvalue weighted by Crippen LogP contribution is -2.04. The highest BCUT2D eigenvalue weighted by Crippen LogP contribution is 2.35. The Morgan fingerprint density at radius 3 is 2.68 bits per heavy atom. The van der Waals surface area contributed by atoms with E-state index in [0.29, 0.717) is 5.92 Å². The molecule has 100 valence electrons. The van der Waals surface area contributed by atoms with Crippen molar-refractivity contribution in [1.82, 2.24) is 10.2 Å². The molecule has 1 aromatic heterocycles. The van der Waals surface area contributed by atoms with Gasteiger partial charge in [-0.15, -0.1) is 0 Å². The zero-order chi connectivity index (χ0) is 13.1. The summed E-state index contributed by atoms with van der Waals surface area (Å²) in [5, 5.41) is 17.6. The molecular formula is C16H20N2O. The minimum atomic E-state index is -0.406. The van der Waals surface area contributed by atoms with Crippen molar-refractivity contribution in [3.63, 3.8) is 0 Å². The Morgan fingerprint density at radius 2 is 1.95 bits per heavy atom. The SMILES string of the molecule is OC(CC1CCCC1)c1cn[nH]c1-c1ccccc1. The maximum atomic E-state index is 10.5. The van der Waals surface area contributed by atoms with Gasteiger partial charge in [0.05, 0.1) is 18.0 Å². The molecule has 1 unspecified atom stereocenters. The number of aromatic nitrogens is 2. The first-order chi connectivity index (χ1) is 9.34. The van der Waals surface area contributed by atoms with Crippen LogP contribution in [0.2, 0.25) is 0 Å². The molecule has 2 aromatic rings. The molecule has 3 nitrogen and oxygen atoms in total. The summed E-state index contributed by atoms with van der Waals surface area (Å²) < 4.78 is 0. The number of benzene rings is 1. The summed E-state index contributed by atoms with van der Waals surface area (Å²) >= 11 is 0. The molecule has 1 atom stereocenters. The molecule has 1 fully saturated rings. The van der Waals surface area contributed by atoms with Gasteiger partial charge in [-0.05, 0) is 17.9 Å². The van der Waals surface area contributed by atoms with Crippen LogP contribution in [0.5, 0.6) is 0 Å². The Hall–Kier alpha value is -1.61. The zero-order valence-corrected chi connectivity index (χ0v) is 11.0. The van der Waals surface area contributed by atoms with E-state index in [1.165, 1.54) is 25.7 Å². The van der Waals surface area contributed by atoms with E-state index in [9.17, 15) is 5.11 Å². The number of H-pyrrole nitrogens is 1. The van der Waals surface area contributed by atoms with Crippen LogP contribution < -0.4 is 0 Å². The molecule has 0 saturated heterocycles. The van der Waals surface area contributed by atoms with E-state index >= 15 is 0 Å². The monoisotopic (exact) mass is 256 g/mol. The highest BCUT2D eigenvalue weighted by Gasteiger charge is 2.22. The molecular weight excluding hydrogens is 236 g/mol. The van der Waals surface area contributed by atoms with Gasteiger partial charge in [0.25, 0.3) is 0 Å². The summed E-state index contributed by atoms with van der Waals surface area (Å²) in [5.41, 5.74) is 2.96. The molecule has 3 rings (SSSR count). The molecule has 1 heterocycles. The van der Waals surface area contributed by atoms with Crippen molar-refractivity contribution in [2.24, 2.45) is 5.92 Å². The van der Waals surface area contributed by atoms with Crippen molar-refractivity contribution in [3.8, 4) is 11.3 Å². The van der Waals surface area contributed by atoms with Crippen molar-refractivity contribution in [1.29, 1.82) is 0 Å². The molecule has 0 aliphatic heterocycles. The standard InChI is InChI=1S/C16H20N2O/c19-15(10-12-6-4-5-7-12)14-11-17-18-16(14)13-8-2-1-3-9-13/h1-3,8-9,11-12,15,19H,4-7,10H2,(H,17,18). The Morgan fingerprint density at radius 1 is 1.21 bits per heavy atom. The number of nitrogens with zero attached hydrogens (tertiary/aromatic N) is 1. The summed E-state index contributed by atoms with van der Waals surface area (Å²) in [4.78, 5) is 0. The van der Waals surface area contributed by atoms with E-state index < -0.39 is 6.10 Å². The van der Waals surface area contributed by atoms with Crippen molar-refractivity contribution in [3.05, 3.63) is 42.1 Å². The third-order valence-electron chi connectivity index (χ3n) is 4.12. The number of rotatable bonds is 4. The second kappa shape index (κ2) is 5.57. The smallest absolute Gasteiger partial charge is 0.0829 e. The Bertz CT molecular complexity index is 515. The maximum absolute atomic E-state index is 10.5. The fourth-order valence-corrected chi connectivity index (χ4v) is 3.07. The summed E-state index contributed by atoms with van der Waals surface area (Å²) in [6.07, 6.45) is 7.37. The Kier molecular flexibility index (Phi) is 3.65. The third kappa shape index (κ3) is 2.71. The van der Waals surface area contributed by atoms with Gasteiger partial charge in [0.15, 0.2) is 0 Å². The van der Waals surface area contributed by atoms with Crippen molar-refractivity contribution in [2.45, 2.75) is 38.2 Å². The lowest BCUT2D eigenvalue weighted by atomic mass is 9.94. The van der Waals surface area contributed by atoms with Crippen molar-refractivity contribution in [2.75, 3.05) is 0 Å². The number of aliphatic hydroxyl groups is 1. The molecule has 0 bridgehead atoms. The highest BCUT2D eigenvalue weighted by molar-refractivity contribution is 5.62. The molecule has 19 heavy (non-hydrogen) atoms. The first-order valence-corrected chi connectivity index (χ1v) is 7.11. The molecule has 3 heteroatoms. The average molecular weight is 256 g/mol. The highest BCUT2D eigenvalue weighted by atomic mass is 16.3. The minimum absolute atomic E-state index is 0.406. The van der Waals surface area contributed by atoms with Gasteiger partial charge in [-0.25, -0.2) is 0 Å². The van der Waals surface area contributed by atoms with Gasteiger partial charge in [-0.3, -0.25) is 5.10 Å². The van der Waals surface area contributed by atoms with Crippen LogP contribution >= 0.6 is 0 Å². The van der Waals surface area contributed by atoms with Gasteiger partial charge in [-0.2, -0.15) is 5.10 Å². The summed E-state index contributed by atoms with van der Waals surface area (Å²) in [7, 11) is 0. The van der Waals surface area contributed by atoms with Crippen LogP contribution in [0.3, 0.4) is 0 Å². The van der Waals surface area contributed by atoms with E-state index in [-0.39, 0.29) is 0 Å². The maximum Gasteiger partial charge on any atom is 0.0829 e. The first-order valence-electron chi connectivity index (χ1n) is 7.11. The number of hydrogen-bond acceptors (Lipinski definition) is 2. The molecule has 0 amide bonds. The lowest BCUT2D eigenvalue weighted by Gasteiger charge is -2.15. The van der Waals surface area contributed by atoms with Crippen LogP contribution in [-0.2, 0) is 0 Å². The summed E-state index contributed by atoms with van der Waals surface area (Å²) in [5.74, 6) is 0.675. The quantitative estimate of drug-likeness (QED) is 0.876. The summed E-state index contributed by atoms with van der Waals surface area (Å²) in [6.45, 7) is 0. The van der Waals surface area contributed by atoms with Gasteiger partial charge in [0.1, 0.15) is 0 Å². The van der Waals surface area contributed by atoms with Gasteiger partial charge in [0, 0.05) is 5.56 Å². The molecule has 0 radical (unpaired) electrons. The topological polar surface area (TPSA) is 48.9 Å². The summed E-state index contributed by atoms with van der Waals surface area (Å²) in [6, 6.07) is 10.1. The number of hydrogen-bond donors (Lipinski definition) is 2. The molecule has 1 aromatic carbocycles. The van der Waals surface area contributed by atoms with Crippen LogP contribution in [0.15, 0.2) is 36.5 Å². The fourth-order valence-electron chi connectivity index (χ4n) is 3.07. The largest absolute Gasteiger partial charge is 0.388 e. The van der Waals surface area contributed by atoms with E-state index in [1.54, 1.807) is 6.20 Å². The third-order valence-corrected chi connectivity index (χ3v) is 4.12. The first kappa shape index (κ1) is 12.4. The van der Waals surface area contributed by atoms with E-state index in [0.717, 1.165) is 23.2 Å². The molecule has 1 aliphatic carbocycles. The van der Waals surface area contributed by atoms with Crippen LogP contribution in [0.4, 0.5) is 0 Å². The van der Waals surface area contributed by atoms with Crippen molar-refractivity contribution >= 4 is 0 Å². The second-order valence-corrected chi connectivity index (χ2v) is 5.47. The van der Waals surface area contributed by atoms with Gasteiger partial charge >= 0.3 is 0 Å². The number of nitrogens with one attached hydrogen (secondary N) is 1. The minimum Gasteiger partial charge on any atom is -0.388 e. The molecule has 1 saturated carbocycles. The van der Waals surface area contributed by atoms with Gasteiger partial charge in [-0.1, -0.05) is 56.0 Å². The molecule has 0 spiro atoms. The Balaban J connectivity index is 1.79. The average Bonchev–Trinajstić information content (AvgIpc) is 3.10.